The highest BCUT2D eigenvalue weighted by atomic mass is 16.2. The van der Waals surface area contributed by atoms with Crippen molar-refractivity contribution in [2.45, 2.75) is 13.0 Å². The van der Waals surface area contributed by atoms with Gasteiger partial charge in [-0.05, 0) is 12.1 Å². The standard InChI is InChI=1S/C22H22N4O2/c1-23-21(27)19-18-12-13-25(22(28)17-10-6-3-7-11-17)14-15-26(18)20(24-19)16-8-4-2-5-9-16/h2-11H,12-15H2,1H3,(H,23,27). The summed E-state index contributed by atoms with van der Waals surface area (Å²) in [6.45, 7) is 1.73. The summed E-state index contributed by atoms with van der Waals surface area (Å²) in [5.74, 6) is 0.582. The fraction of sp³-hybridized carbons (Fsp3) is 0.227. The van der Waals surface area contributed by atoms with Crippen molar-refractivity contribution in [2.24, 2.45) is 0 Å². The number of hydrogen-bond donors (Lipinski definition) is 1. The molecule has 28 heavy (non-hydrogen) atoms. The number of nitrogens with zero attached hydrogens (tertiary/aromatic N) is 3. The maximum atomic E-state index is 12.9. The summed E-state index contributed by atoms with van der Waals surface area (Å²) in [6, 6.07) is 19.2. The smallest absolute Gasteiger partial charge is 0.271 e. The van der Waals surface area contributed by atoms with Gasteiger partial charge in [-0.15, -0.1) is 0 Å². The molecule has 1 N–H and O–H groups in total. The zero-order valence-electron chi connectivity index (χ0n) is 15.8. The van der Waals surface area contributed by atoms with Gasteiger partial charge in [0.1, 0.15) is 11.5 Å². The fourth-order valence-electron chi connectivity index (χ4n) is 3.63. The Labute approximate surface area is 163 Å². The van der Waals surface area contributed by atoms with Crippen LogP contribution in [0.3, 0.4) is 0 Å². The van der Waals surface area contributed by atoms with Crippen LogP contribution in [0.15, 0.2) is 60.7 Å². The summed E-state index contributed by atoms with van der Waals surface area (Å²) < 4.78 is 2.08. The van der Waals surface area contributed by atoms with Gasteiger partial charge in [0.05, 0.1) is 5.69 Å². The Kier molecular flexibility index (Phi) is 4.93. The Morgan fingerprint density at radius 2 is 1.61 bits per heavy atom. The van der Waals surface area contributed by atoms with E-state index in [2.05, 4.69) is 14.9 Å². The van der Waals surface area contributed by atoms with E-state index in [0.29, 0.717) is 37.3 Å². The molecule has 2 aromatic carbocycles. The number of nitrogens with one attached hydrogen (secondary N) is 1. The van der Waals surface area contributed by atoms with E-state index in [-0.39, 0.29) is 11.8 Å². The van der Waals surface area contributed by atoms with E-state index in [4.69, 9.17) is 0 Å². The number of fused-ring (bicyclic) bond motifs is 1. The van der Waals surface area contributed by atoms with Crippen LogP contribution in [0, 0.1) is 0 Å². The average molecular weight is 374 g/mol. The third-order valence-electron chi connectivity index (χ3n) is 5.07. The highest BCUT2D eigenvalue weighted by Gasteiger charge is 2.27. The normalized spacial score (nSPS) is 13.5. The molecular weight excluding hydrogens is 352 g/mol. The molecule has 142 valence electrons. The van der Waals surface area contributed by atoms with Crippen LogP contribution in [0.2, 0.25) is 0 Å². The maximum absolute atomic E-state index is 12.9. The van der Waals surface area contributed by atoms with Gasteiger partial charge < -0.3 is 14.8 Å². The van der Waals surface area contributed by atoms with Gasteiger partial charge in [-0.25, -0.2) is 4.98 Å². The van der Waals surface area contributed by atoms with Gasteiger partial charge in [0.2, 0.25) is 0 Å². The third kappa shape index (κ3) is 3.29. The molecule has 3 aromatic rings. The predicted molar refractivity (Wildman–Crippen MR) is 107 cm³/mol. The predicted octanol–water partition coefficient (Wildman–Crippen LogP) is 2.61. The van der Waals surface area contributed by atoms with Crippen molar-refractivity contribution in [1.82, 2.24) is 19.8 Å². The monoisotopic (exact) mass is 374 g/mol. The molecule has 1 aromatic heterocycles. The number of hydrogen-bond acceptors (Lipinski definition) is 3. The molecule has 2 heterocycles. The molecule has 0 saturated heterocycles. The molecule has 0 bridgehead atoms. The molecule has 4 rings (SSSR count). The van der Waals surface area contributed by atoms with Gasteiger partial charge in [0.15, 0.2) is 0 Å². The van der Waals surface area contributed by atoms with Crippen LogP contribution < -0.4 is 5.32 Å². The van der Waals surface area contributed by atoms with Crippen LogP contribution in [-0.2, 0) is 13.0 Å². The maximum Gasteiger partial charge on any atom is 0.271 e. The number of aromatic nitrogens is 2. The molecule has 2 amide bonds. The van der Waals surface area contributed by atoms with Gasteiger partial charge in [-0.2, -0.15) is 0 Å². The van der Waals surface area contributed by atoms with E-state index in [9.17, 15) is 9.59 Å². The fourth-order valence-corrected chi connectivity index (χ4v) is 3.63. The first-order chi connectivity index (χ1) is 13.7. The molecule has 6 nitrogen and oxygen atoms in total. The molecular formula is C22H22N4O2. The minimum atomic E-state index is -0.200. The Balaban J connectivity index is 1.69. The second kappa shape index (κ2) is 7.68. The lowest BCUT2D eigenvalue weighted by Crippen LogP contribution is -2.33. The van der Waals surface area contributed by atoms with Crippen LogP contribution in [0.25, 0.3) is 11.4 Å². The van der Waals surface area contributed by atoms with Crippen molar-refractivity contribution in [3.63, 3.8) is 0 Å². The second-order valence-corrected chi connectivity index (χ2v) is 6.74. The number of rotatable bonds is 3. The van der Waals surface area contributed by atoms with E-state index in [1.807, 2.05) is 65.6 Å². The molecule has 1 aliphatic rings. The highest BCUT2D eigenvalue weighted by molar-refractivity contribution is 5.95. The van der Waals surface area contributed by atoms with Crippen LogP contribution in [0.4, 0.5) is 0 Å². The minimum Gasteiger partial charge on any atom is -0.354 e. The van der Waals surface area contributed by atoms with E-state index < -0.39 is 0 Å². The largest absolute Gasteiger partial charge is 0.354 e. The summed E-state index contributed by atoms with van der Waals surface area (Å²) in [6.07, 6.45) is 0.584. The van der Waals surface area contributed by atoms with Gasteiger partial charge in [-0.3, -0.25) is 9.59 Å². The molecule has 0 saturated carbocycles. The first-order valence-corrected chi connectivity index (χ1v) is 9.40. The van der Waals surface area contributed by atoms with Crippen molar-refractivity contribution in [3.8, 4) is 11.4 Å². The minimum absolute atomic E-state index is 0.0158. The molecule has 0 unspecified atom stereocenters. The molecule has 0 atom stereocenters. The van der Waals surface area contributed by atoms with E-state index in [1.54, 1.807) is 7.05 Å². The number of imidazole rings is 1. The molecule has 1 aliphatic heterocycles. The van der Waals surface area contributed by atoms with Crippen LogP contribution >= 0.6 is 0 Å². The molecule has 6 heteroatoms. The quantitative estimate of drug-likeness (QED) is 0.766. The summed E-state index contributed by atoms with van der Waals surface area (Å²) in [4.78, 5) is 31.8. The van der Waals surface area contributed by atoms with E-state index in [0.717, 1.165) is 17.1 Å². The Morgan fingerprint density at radius 3 is 2.29 bits per heavy atom. The average Bonchev–Trinajstić information content (AvgIpc) is 2.98. The summed E-state index contributed by atoms with van der Waals surface area (Å²) >= 11 is 0. The Bertz CT molecular complexity index is 996. The molecule has 0 radical (unpaired) electrons. The molecule has 0 spiro atoms. The number of benzene rings is 2. The third-order valence-corrected chi connectivity index (χ3v) is 5.07. The van der Waals surface area contributed by atoms with Crippen molar-refractivity contribution < 1.29 is 9.59 Å². The van der Waals surface area contributed by atoms with Crippen molar-refractivity contribution in [3.05, 3.63) is 77.6 Å². The highest BCUT2D eigenvalue weighted by Crippen LogP contribution is 2.25. The van der Waals surface area contributed by atoms with E-state index in [1.165, 1.54) is 0 Å². The Morgan fingerprint density at radius 1 is 0.929 bits per heavy atom. The van der Waals surface area contributed by atoms with Crippen LogP contribution in [0.1, 0.15) is 26.5 Å². The Hall–Kier alpha value is -3.41. The lowest BCUT2D eigenvalue weighted by Gasteiger charge is -2.20. The number of amides is 2. The van der Waals surface area contributed by atoms with Gasteiger partial charge in [-0.1, -0.05) is 48.5 Å². The first-order valence-electron chi connectivity index (χ1n) is 9.40. The van der Waals surface area contributed by atoms with Crippen molar-refractivity contribution in [1.29, 1.82) is 0 Å². The van der Waals surface area contributed by atoms with Crippen molar-refractivity contribution in [2.75, 3.05) is 20.1 Å². The number of carbonyl (C=O) groups is 2. The SMILES string of the molecule is CNC(=O)c1nc(-c2ccccc2)n2c1CCN(C(=O)c1ccccc1)CC2. The van der Waals surface area contributed by atoms with E-state index >= 15 is 0 Å². The lowest BCUT2D eigenvalue weighted by molar-refractivity contribution is 0.0759. The second-order valence-electron chi connectivity index (χ2n) is 6.74. The first kappa shape index (κ1) is 18.0. The van der Waals surface area contributed by atoms with Gasteiger partial charge in [0.25, 0.3) is 11.8 Å². The molecule has 0 fully saturated rings. The summed E-state index contributed by atoms with van der Waals surface area (Å²) in [7, 11) is 1.61. The zero-order valence-corrected chi connectivity index (χ0v) is 15.8. The molecule has 0 aliphatic carbocycles. The van der Waals surface area contributed by atoms with Crippen LogP contribution in [-0.4, -0.2) is 46.4 Å². The number of carbonyl (C=O) groups excluding carboxylic acids is 2. The van der Waals surface area contributed by atoms with Gasteiger partial charge >= 0.3 is 0 Å². The van der Waals surface area contributed by atoms with Crippen LogP contribution in [0.5, 0.6) is 0 Å². The van der Waals surface area contributed by atoms with Gasteiger partial charge in [0, 0.05) is 44.2 Å². The lowest BCUT2D eigenvalue weighted by atomic mass is 10.2. The zero-order chi connectivity index (χ0) is 19.5. The summed E-state index contributed by atoms with van der Waals surface area (Å²) in [5.41, 5.74) is 2.96. The topological polar surface area (TPSA) is 67.2 Å². The summed E-state index contributed by atoms with van der Waals surface area (Å²) in [5, 5.41) is 2.68. The van der Waals surface area contributed by atoms with Crippen molar-refractivity contribution >= 4 is 11.8 Å².